The van der Waals surface area contributed by atoms with Crippen molar-refractivity contribution in [3.05, 3.63) is 18.1 Å². The lowest BCUT2D eigenvalue weighted by Gasteiger charge is -2.29. The minimum atomic E-state index is 0.623. The monoisotopic (exact) mass is 220 g/mol. The normalized spacial score (nSPS) is 16.8. The van der Waals surface area contributed by atoms with E-state index in [2.05, 4.69) is 34.0 Å². The molecule has 1 saturated heterocycles. The van der Waals surface area contributed by atoms with Crippen LogP contribution in [-0.2, 0) is 6.42 Å². The molecule has 1 aliphatic rings. The Morgan fingerprint density at radius 3 is 2.62 bits per heavy atom. The summed E-state index contributed by atoms with van der Waals surface area (Å²) in [5.41, 5.74) is 1.14. The SMILES string of the molecule is CC(C)Cc1nccnc1N1CCNCC1. The molecule has 0 saturated carbocycles. The zero-order valence-corrected chi connectivity index (χ0v) is 10.1. The topological polar surface area (TPSA) is 41.1 Å². The Kier molecular flexibility index (Phi) is 3.72. The molecule has 2 rings (SSSR count). The van der Waals surface area contributed by atoms with Gasteiger partial charge in [-0.25, -0.2) is 4.98 Å². The molecular formula is C12H20N4. The maximum absolute atomic E-state index is 4.49. The predicted octanol–water partition coefficient (Wildman–Crippen LogP) is 1.08. The molecule has 0 unspecified atom stereocenters. The first kappa shape index (κ1) is 11.3. The molecule has 0 spiro atoms. The van der Waals surface area contributed by atoms with Gasteiger partial charge in [0.25, 0.3) is 0 Å². The number of anilines is 1. The molecule has 0 radical (unpaired) electrons. The fraction of sp³-hybridized carbons (Fsp3) is 0.667. The van der Waals surface area contributed by atoms with Gasteiger partial charge in [-0.1, -0.05) is 13.8 Å². The van der Waals surface area contributed by atoms with Crippen LogP contribution in [0.4, 0.5) is 5.82 Å². The van der Waals surface area contributed by atoms with Crippen molar-refractivity contribution in [1.82, 2.24) is 15.3 Å². The van der Waals surface area contributed by atoms with Crippen LogP contribution in [0, 0.1) is 5.92 Å². The second-order valence-corrected chi connectivity index (χ2v) is 4.66. The highest BCUT2D eigenvalue weighted by Gasteiger charge is 2.16. The summed E-state index contributed by atoms with van der Waals surface area (Å²) in [6.07, 6.45) is 4.59. The molecule has 0 atom stereocenters. The van der Waals surface area contributed by atoms with E-state index in [1.165, 1.54) is 0 Å². The molecule has 0 bridgehead atoms. The molecule has 0 amide bonds. The van der Waals surface area contributed by atoms with Gasteiger partial charge in [-0.15, -0.1) is 0 Å². The van der Waals surface area contributed by atoms with Crippen LogP contribution in [0.1, 0.15) is 19.5 Å². The molecule has 1 fully saturated rings. The summed E-state index contributed by atoms with van der Waals surface area (Å²) in [6.45, 7) is 8.58. The number of nitrogens with zero attached hydrogens (tertiary/aromatic N) is 3. The number of hydrogen-bond donors (Lipinski definition) is 1. The maximum atomic E-state index is 4.49. The van der Waals surface area contributed by atoms with Crippen LogP contribution in [0.15, 0.2) is 12.4 Å². The molecule has 0 aromatic carbocycles. The summed E-state index contributed by atoms with van der Waals surface area (Å²) in [5, 5.41) is 3.35. The van der Waals surface area contributed by atoms with E-state index in [9.17, 15) is 0 Å². The average molecular weight is 220 g/mol. The summed E-state index contributed by atoms with van der Waals surface area (Å²) in [6, 6.07) is 0. The number of hydrogen-bond acceptors (Lipinski definition) is 4. The molecule has 2 heterocycles. The van der Waals surface area contributed by atoms with Gasteiger partial charge in [-0.05, 0) is 12.3 Å². The van der Waals surface area contributed by atoms with Crippen LogP contribution in [0.5, 0.6) is 0 Å². The average Bonchev–Trinajstić information content (AvgIpc) is 2.30. The lowest BCUT2D eigenvalue weighted by molar-refractivity contribution is 0.574. The van der Waals surface area contributed by atoms with Crippen LogP contribution in [0.2, 0.25) is 0 Å². The number of rotatable bonds is 3. The molecule has 1 aromatic heterocycles. The molecule has 0 aliphatic carbocycles. The van der Waals surface area contributed by atoms with Crippen molar-refractivity contribution >= 4 is 5.82 Å². The van der Waals surface area contributed by atoms with Crippen molar-refractivity contribution < 1.29 is 0 Å². The Morgan fingerprint density at radius 2 is 1.94 bits per heavy atom. The van der Waals surface area contributed by atoms with Gasteiger partial charge in [0.2, 0.25) is 0 Å². The van der Waals surface area contributed by atoms with Crippen molar-refractivity contribution in [2.75, 3.05) is 31.1 Å². The Hall–Kier alpha value is -1.16. The molecule has 1 N–H and O–H groups in total. The van der Waals surface area contributed by atoms with Gasteiger partial charge in [0.1, 0.15) is 5.82 Å². The summed E-state index contributed by atoms with van der Waals surface area (Å²) >= 11 is 0. The third kappa shape index (κ3) is 2.70. The Morgan fingerprint density at radius 1 is 1.25 bits per heavy atom. The van der Waals surface area contributed by atoms with Crippen LogP contribution in [0.25, 0.3) is 0 Å². The number of nitrogens with one attached hydrogen (secondary N) is 1. The fourth-order valence-electron chi connectivity index (χ4n) is 2.03. The van der Waals surface area contributed by atoms with E-state index in [0.717, 1.165) is 44.1 Å². The van der Waals surface area contributed by atoms with Gasteiger partial charge in [0, 0.05) is 38.6 Å². The summed E-state index contributed by atoms with van der Waals surface area (Å²) in [4.78, 5) is 11.3. The van der Waals surface area contributed by atoms with Crippen LogP contribution < -0.4 is 10.2 Å². The maximum Gasteiger partial charge on any atom is 0.150 e. The van der Waals surface area contributed by atoms with E-state index in [1.807, 2.05) is 0 Å². The van der Waals surface area contributed by atoms with E-state index in [0.29, 0.717) is 5.92 Å². The third-order valence-electron chi connectivity index (χ3n) is 2.77. The highest BCUT2D eigenvalue weighted by Crippen LogP contribution is 2.18. The smallest absolute Gasteiger partial charge is 0.150 e. The highest BCUT2D eigenvalue weighted by atomic mass is 15.2. The van der Waals surface area contributed by atoms with Crippen molar-refractivity contribution in [3.63, 3.8) is 0 Å². The number of piperazine rings is 1. The van der Waals surface area contributed by atoms with Crippen LogP contribution >= 0.6 is 0 Å². The first-order valence-corrected chi connectivity index (χ1v) is 6.03. The van der Waals surface area contributed by atoms with Gasteiger partial charge in [-0.3, -0.25) is 4.98 Å². The van der Waals surface area contributed by atoms with Crippen molar-refractivity contribution in [1.29, 1.82) is 0 Å². The van der Waals surface area contributed by atoms with E-state index < -0.39 is 0 Å². The molecular weight excluding hydrogens is 200 g/mol. The fourth-order valence-corrected chi connectivity index (χ4v) is 2.03. The van der Waals surface area contributed by atoms with E-state index >= 15 is 0 Å². The molecule has 1 aromatic rings. The second-order valence-electron chi connectivity index (χ2n) is 4.66. The van der Waals surface area contributed by atoms with E-state index in [-0.39, 0.29) is 0 Å². The summed E-state index contributed by atoms with van der Waals surface area (Å²) in [7, 11) is 0. The lowest BCUT2D eigenvalue weighted by Crippen LogP contribution is -2.44. The molecule has 1 aliphatic heterocycles. The zero-order valence-electron chi connectivity index (χ0n) is 10.1. The van der Waals surface area contributed by atoms with Crippen LogP contribution in [0.3, 0.4) is 0 Å². The Bertz CT molecular complexity index is 332. The highest BCUT2D eigenvalue weighted by molar-refractivity contribution is 5.43. The Balaban J connectivity index is 2.17. The minimum Gasteiger partial charge on any atom is -0.353 e. The van der Waals surface area contributed by atoms with E-state index in [1.54, 1.807) is 12.4 Å². The third-order valence-corrected chi connectivity index (χ3v) is 2.77. The van der Waals surface area contributed by atoms with Crippen molar-refractivity contribution in [3.8, 4) is 0 Å². The van der Waals surface area contributed by atoms with Crippen molar-refractivity contribution in [2.45, 2.75) is 20.3 Å². The quantitative estimate of drug-likeness (QED) is 0.827. The van der Waals surface area contributed by atoms with Gasteiger partial charge < -0.3 is 10.2 Å². The standard InChI is InChI=1S/C12H20N4/c1-10(2)9-11-12(15-4-3-14-11)16-7-5-13-6-8-16/h3-4,10,13H,5-9H2,1-2H3. The summed E-state index contributed by atoms with van der Waals surface area (Å²) < 4.78 is 0. The number of aromatic nitrogens is 2. The minimum absolute atomic E-state index is 0.623. The predicted molar refractivity (Wildman–Crippen MR) is 65.7 cm³/mol. The molecule has 88 valence electrons. The van der Waals surface area contributed by atoms with E-state index in [4.69, 9.17) is 0 Å². The lowest BCUT2D eigenvalue weighted by atomic mass is 10.1. The van der Waals surface area contributed by atoms with Gasteiger partial charge in [0.15, 0.2) is 0 Å². The molecule has 16 heavy (non-hydrogen) atoms. The largest absolute Gasteiger partial charge is 0.353 e. The Labute approximate surface area is 97.1 Å². The molecule has 4 nitrogen and oxygen atoms in total. The van der Waals surface area contributed by atoms with Crippen LogP contribution in [-0.4, -0.2) is 36.1 Å². The van der Waals surface area contributed by atoms with Gasteiger partial charge in [0.05, 0.1) is 5.69 Å². The van der Waals surface area contributed by atoms with Gasteiger partial charge in [-0.2, -0.15) is 0 Å². The zero-order chi connectivity index (χ0) is 11.4. The first-order valence-electron chi connectivity index (χ1n) is 6.03. The van der Waals surface area contributed by atoms with Gasteiger partial charge >= 0.3 is 0 Å². The van der Waals surface area contributed by atoms with Crippen molar-refractivity contribution in [2.24, 2.45) is 5.92 Å². The first-order chi connectivity index (χ1) is 7.77. The second kappa shape index (κ2) is 5.25. The summed E-state index contributed by atoms with van der Waals surface area (Å²) in [5.74, 6) is 1.70. The molecule has 4 heteroatoms.